The molecule has 0 aromatic carbocycles. The highest BCUT2D eigenvalue weighted by Crippen LogP contribution is 2.49. The van der Waals surface area contributed by atoms with Gasteiger partial charge in [-0.05, 0) is 13.0 Å². The molecule has 220 valence electrons. The van der Waals surface area contributed by atoms with Crippen LogP contribution in [0.1, 0.15) is 31.0 Å². The summed E-state index contributed by atoms with van der Waals surface area (Å²) in [7, 11) is -4.75. The molecule has 6 rings (SSSR count). The molecule has 0 bridgehead atoms. The van der Waals surface area contributed by atoms with Crippen LogP contribution in [0.4, 0.5) is 5.95 Å². The Morgan fingerprint density at radius 3 is 2.71 bits per heavy atom. The number of nitrogens with one attached hydrogen (secondary N) is 2. The largest absolute Gasteiger partial charge is 0.472 e. The molecule has 2 fully saturated rings. The van der Waals surface area contributed by atoms with E-state index in [2.05, 4.69) is 24.9 Å². The van der Waals surface area contributed by atoms with Crippen molar-refractivity contribution in [1.82, 2.24) is 34.1 Å². The first-order chi connectivity index (χ1) is 19.5. The van der Waals surface area contributed by atoms with E-state index in [1.165, 1.54) is 15.5 Å². The first-order valence-electron chi connectivity index (χ1n) is 12.6. The normalized spacial score (nSPS) is 28.1. The number of nitrogen functional groups attached to an aromatic ring is 1. The van der Waals surface area contributed by atoms with Gasteiger partial charge >= 0.3 is 13.5 Å². The fraction of sp³-hybridized carbons (Fsp3) is 0.500. The SMILES string of the molecule is Cc1cc2cn([C@H]3C[C@H](OP(=O)(O)OC[C@H]4O[C@@H](n5cnc6c(=O)[nH]c(N)nc65)C[C@@H]4O)[C@@H](CO)O3)c(=O)nc2[nH]1. The summed E-state index contributed by atoms with van der Waals surface area (Å²) in [5.74, 6) is -0.124. The number of phosphoric acid groups is 1. The zero-order chi connectivity index (χ0) is 29.1. The van der Waals surface area contributed by atoms with E-state index in [1.54, 1.807) is 12.3 Å². The molecular formula is C22H27N8O10P. The number of phosphoric ester groups is 1. The number of hydrogen-bond acceptors (Lipinski definition) is 13. The molecule has 0 aliphatic carbocycles. The van der Waals surface area contributed by atoms with Crippen molar-refractivity contribution in [1.29, 1.82) is 0 Å². The van der Waals surface area contributed by atoms with Gasteiger partial charge in [0.15, 0.2) is 11.2 Å². The van der Waals surface area contributed by atoms with E-state index in [-0.39, 0.29) is 30.0 Å². The topological polar surface area (TPSA) is 255 Å². The molecule has 19 heteroatoms. The Morgan fingerprint density at radius 1 is 1.17 bits per heavy atom. The summed E-state index contributed by atoms with van der Waals surface area (Å²) in [4.78, 5) is 52.4. The number of aliphatic hydroxyl groups is 2. The van der Waals surface area contributed by atoms with Gasteiger partial charge in [-0.2, -0.15) is 9.97 Å². The summed E-state index contributed by atoms with van der Waals surface area (Å²) in [6, 6.07) is 1.80. The van der Waals surface area contributed by atoms with Crippen LogP contribution in [0.25, 0.3) is 22.2 Å². The Morgan fingerprint density at radius 2 is 1.93 bits per heavy atom. The smallest absolute Gasteiger partial charge is 0.394 e. The molecule has 0 radical (unpaired) electrons. The molecule has 7 atom stereocenters. The summed E-state index contributed by atoms with van der Waals surface area (Å²) in [5.41, 5.74) is 5.87. The number of aromatic amines is 2. The van der Waals surface area contributed by atoms with E-state index in [0.29, 0.717) is 11.0 Å². The van der Waals surface area contributed by atoms with E-state index in [1.807, 2.05) is 6.92 Å². The maximum atomic E-state index is 12.8. The Kier molecular flexibility index (Phi) is 7.03. The monoisotopic (exact) mass is 594 g/mol. The lowest BCUT2D eigenvalue weighted by molar-refractivity contribution is -0.0563. The molecule has 18 nitrogen and oxygen atoms in total. The van der Waals surface area contributed by atoms with Crippen molar-refractivity contribution >= 4 is 36.0 Å². The lowest BCUT2D eigenvalue weighted by Gasteiger charge is -2.21. The summed E-state index contributed by atoms with van der Waals surface area (Å²) in [6.45, 7) is 0.737. The second kappa shape index (κ2) is 10.4. The molecule has 6 heterocycles. The minimum absolute atomic E-state index is 0.0296. The van der Waals surface area contributed by atoms with E-state index in [9.17, 15) is 29.3 Å². The molecule has 7 N–H and O–H groups in total. The number of aryl methyl sites for hydroxylation is 1. The van der Waals surface area contributed by atoms with E-state index in [0.717, 1.165) is 5.69 Å². The fourth-order valence-corrected chi connectivity index (χ4v) is 6.02. The standard InChI is InChI=1S/C22H27N8O10P/c1-9-2-10-5-29(22(34)26-18(10)25-9)16-4-12(13(6-31)38-16)40-41(35,36)37-7-14-11(32)3-15(39-14)30-8-24-17-19(30)27-21(23)28-20(17)33/h2,5,8,11-16,31-32H,3-4,6-7H2,1H3,(H,35,36)(H,25,26,34)(H3,23,27,28,33)/t11-,12-,13+,14+,15+,16+/m0/s1. The number of aromatic nitrogens is 7. The predicted molar refractivity (Wildman–Crippen MR) is 138 cm³/mol. The van der Waals surface area contributed by atoms with Crippen molar-refractivity contribution in [2.24, 2.45) is 0 Å². The highest BCUT2D eigenvalue weighted by atomic mass is 31.2. The Hall–Kier alpha value is -3.48. The van der Waals surface area contributed by atoms with Crippen LogP contribution in [0, 0.1) is 6.92 Å². The van der Waals surface area contributed by atoms with Crippen LogP contribution in [0.3, 0.4) is 0 Å². The lowest BCUT2D eigenvalue weighted by Crippen LogP contribution is -2.29. The number of H-pyrrole nitrogens is 2. The molecule has 4 aromatic rings. The summed E-state index contributed by atoms with van der Waals surface area (Å²) in [6.07, 6.45) is -3.16. The zero-order valence-corrected chi connectivity index (χ0v) is 22.4. The maximum absolute atomic E-state index is 12.8. The Labute approximate surface area is 229 Å². The molecule has 41 heavy (non-hydrogen) atoms. The first-order valence-corrected chi connectivity index (χ1v) is 14.1. The second-order valence-corrected chi connectivity index (χ2v) is 11.3. The predicted octanol–water partition coefficient (Wildman–Crippen LogP) is -0.821. The van der Waals surface area contributed by atoms with E-state index in [4.69, 9.17) is 24.3 Å². The molecule has 0 spiro atoms. The van der Waals surface area contributed by atoms with Gasteiger partial charge in [0.1, 0.15) is 36.4 Å². The van der Waals surface area contributed by atoms with Crippen molar-refractivity contribution in [2.45, 2.75) is 56.6 Å². The van der Waals surface area contributed by atoms with Gasteiger partial charge in [-0.25, -0.2) is 14.3 Å². The van der Waals surface area contributed by atoms with Crippen molar-refractivity contribution in [3.8, 4) is 0 Å². The number of aliphatic hydroxyl groups excluding tert-OH is 2. The van der Waals surface area contributed by atoms with Gasteiger partial charge in [-0.15, -0.1) is 0 Å². The fourth-order valence-electron chi connectivity index (χ4n) is 5.06. The van der Waals surface area contributed by atoms with Crippen molar-refractivity contribution in [3.63, 3.8) is 0 Å². The van der Waals surface area contributed by atoms with Crippen LogP contribution >= 0.6 is 7.82 Å². The van der Waals surface area contributed by atoms with Gasteiger partial charge in [0, 0.05) is 30.1 Å². The third-order valence-corrected chi connectivity index (χ3v) is 7.99. The number of rotatable bonds is 8. The average molecular weight is 594 g/mol. The van der Waals surface area contributed by atoms with Crippen molar-refractivity contribution < 1.29 is 38.2 Å². The van der Waals surface area contributed by atoms with Crippen LogP contribution in [-0.2, 0) is 23.1 Å². The molecule has 2 saturated heterocycles. The van der Waals surface area contributed by atoms with Crippen LogP contribution in [0.15, 0.2) is 28.2 Å². The number of nitrogens with two attached hydrogens (primary N) is 1. The average Bonchev–Trinajstić information content (AvgIpc) is 3.66. The zero-order valence-electron chi connectivity index (χ0n) is 21.5. The van der Waals surface area contributed by atoms with E-state index >= 15 is 0 Å². The minimum atomic E-state index is -4.75. The number of ether oxygens (including phenoxy) is 2. The Bertz CT molecular complexity index is 1770. The molecule has 2 aliphatic heterocycles. The highest BCUT2D eigenvalue weighted by molar-refractivity contribution is 7.47. The highest BCUT2D eigenvalue weighted by Gasteiger charge is 2.43. The third-order valence-electron chi connectivity index (χ3n) is 6.97. The molecule has 0 saturated carbocycles. The van der Waals surface area contributed by atoms with Crippen LogP contribution in [0.2, 0.25) is 0 Å². The van der Waals surface area contributed by atoms with Crippen LogP contribution < -0.4 is 17.0 Å². The molecule has 4 aromatic heterocycles. The molecular weight excluding hydrogens is 567 g/mol. The van der Waals surface area contributed by atoms with Gasteiger partial charge in [0.05, 0.1) is 25.6 Å². The lowest BCUT2D eigenvalue weighted by atomic mass is 10.2. The maximum Gasteiger partial charge on any atom is 0.472 e. The number of anilines is 1. The number of nitrogens with zero attached hydrogens (tertiary/aromatic N) is 5. The Balaban J connectivity index is 1.10. The molecule has 1 unspecified atom stereocenters. The van der Waals surface area contributed by atoms with Gasteiger partial charge in [-0.3, -0.25) is 28.0 Å². The second-order valence-electron chi connectivity index (χ2n) is 9.85. The van der Waals surface area contributed by atoms with E-state index < -0.39 is 69.2 Å². The summed E-state index contributed by atoms with van der Waals surface area (Å²) >= 11 is 0. The molecule has 0 amide bonds. The first kappa shape index (κ1) is 27.7. The van der Waals surface area contributed by atoms with Crippen molar-refractivity contribution in [2.75, 3.05) is 18.9 Å². The molecule has 2 aliphatic rings. The van der Waals surface area contributed by atoms with Crippen LogP contribution in [-0.4, -0.2) is 86.8 Å². The van der Waals surface area contributed by atoms with Crippen LogP contribution in [0.5, 0.6) is 0 Å². The third kappa shape index (κ3) is 5.31. The van der Waals surface area contributed by atoms with Gasteiger partial charge in [0.2, 0.25) is 5.95 Å². The number of imidazole rings is 1. The minimum Gasteiger partial charge on any atom is -0.394 e. The summed E-state index contributed by atoms with van der Waals surface area (Å²) < 4.78 is 37.4. The van der Waals surface area contributed by atoms with Gasteiger partial charge < -0.3 is 35.3 Å². The van der Waals surface area contributed by atoms with Gasteiger partial charge in [0.25, 0.3) is 5.56 Å². The number of hydrogen-bond donors (Lipinski definition) is 6. The van der Waals surface area contributed by atoms with Crippen molar-refractivity contribution in [3.05, 3.63) is 45.1 Å². The number of fused-ring (bicyclic) bond motifs is 2. The quantitative estimate of drug-likeness (QED) is 0.136. The summed E-state index contributed by atoms with van der Waals surface area (Å²) in [5, 5.41) is 21.0. The van der Waals surface area contributed by atoms with Gasteiger partial charge in [-0.1, -0.05) is 0 Å².